The van der Waals surface area contributed by atoms with Crippen LogP contribution in [0.4, 0.5) is 23.1 Å². The molecule has 0 aliphatic rings. The predicted molar refractivity (Wildman–Crippen MR) is 380 cm³/mol. The van der Waals surface area contributed by atoms with Crippen LogP contribution in [0.5, 0.6) is 11.5 Å². The fourth-order valence-electron chi connectivity index (χ4n) is 11.4. The van der Waals surface area contributed by atoms with Crippen molar-refractivity contribution in [2.75, 3.05) is 20.0 Å². The average Bonchev–Trinajstić information content (AvgIpc) is 0.781. The summed E-state index contributed by atoms with van der Waals surface area (Å²) in [6, 6.07) is 68.5. The molecule has 0 amide bonds. The van der Waals surface area contributed by atoms with Crippen LogP contribution in [0.1, 0.15) is 17.1 Å². The largest absolute Gasteiger partial charge is 0.755 e. The van der Waals surface area contributed by atoms with Crippen molar-refractivity contribution in [2.24, 2.45) is 0 Å². The molecule has 23 heteroatoms. The standard InChI is InChI=1S/C75H55N16O5PS/c92-97(95-59-38-53(41-77-47-59)71-86-65-32-17-29-62(50-21-6-2-7-22-50)68(65)74(89-71)83-44-56-26-11-14-35-80-56,96-60-39-54(42-78-48-60)72-87-66-33-18-30-63(51-23-8-3-9-24-51)69(66)75(90-72)84-45-57-27-12-15-36-81-57)91(98(93)94)58-37-52(40-76-46-58)70-85-64-31-16-28-61(49-19-4-1-5-20-49)67(64)73(88-70)82-43-55-25-10-13-34-79-55/h1-42,46-48H,43-45H2,(H,93,94)(H,82,85,88)(H,83,86,89)(H,84,87,90)/p-1. The third-order valence-electron chi connectivity index (χ3n) is 15.9. The molecule has 21 nitrogen and oxygen atoms in total. The molecule has 0 saturated carbocycles. The molecular formula is C75H54N16O5PS-. The Morgan fingerprint density at radius 2 is 0.724 bits per heavy atom. The maximum absolute atomic E-state index is 16.6. The number of hydrogen-bond acceptors (Lipinski definition) is 20. The van der Waals surface area contributed by atoms with E-state index < -0.39 is 19.0 Å². The molecule has 476 valence electrons. The molecule has 15 rings (SSSR count). The molecule has 0 bridgehead atoms. The summed E-state index contributed by atoms with van der Waals surface area (Å²) in [4.78, 5) is 57.6. The minimum atomic E-state index is -5.37. The van der Waals surface area contributed by atoms with Crippen LogP contribution in [0.2, 0.25) is 0 Å². The lowest BCUT2D eigenvalue weighted by molar-refractivity contribution is 0.385. The van der Waals surface area contributed by atoms with Crippen molar-refractivity contribution >= 4 is 74.9 Å². The first-order valence-corrected chi connectivity index (χ1v) is 33.5. The van der Waals surface area contributed by atoms with Crippen molar-refractivity contribution in [3.8, 4) is 79.0 Å². The number of pyridine rings is 6. The van der Waals surface area contributed by atoms with Crippen molar-refractivity contribution in [2.45, 2.75) is 19.6 Å². The zero-order valence-corrected chi connectivity index (χ0v) is 53.5. The van der Waals surface area contributed by atoms with E-state index in [2.05, 4.69) is 45.9 Å². The van der Waals surface area contributed by atoms with Gasteiger partial charge >= 0.3 is 7.75 Å². The lowest BCUT2D eigenvalue weighted by Crippen LogP contribution is -2.28. The Bertz CT molecular complexity index is 5240. The molecular weight excluding hydrogens is 1270 g/mol. The lowest BCUT2D eigenvalue weighted by atomic mass is 10.0. The summed E-state index contributed by atoms with van der Waals surface area (Å²) >= 11 is -3.45. The van der Waals surface area contributed by atoms with Crippen LogP contribution in [0, 0.1) is 0 Å². The normalized spacial score (nSPS) is 11.7. The minimum absolute atomic E-state index is 0.156. The third kappa shape index (κ3) is 13.3. The van der Waals surface area contributed by atoms with Crippen LogP contribution >= 0.6 is 7.75 Å². The van der Waals surface area contributed by atoms with E-state index in [0.29, 0.717) is 68.8 Å². The smallest absolute Gasteiger partial charge is 0.555 e. The van der Waals surface area contributed by atoms with Crippen LogP contribution in [-0.4, -0.2) is 68.6 Å². The van der Waals surface area contributed by atoms with Gasteiger partial charge < -0.3 is 29.6 Å². The molecule has 0 aliphatic heterocycles. The van der Waals surface area contributed by atoms with E-state index in [-0.39, 0.29) is 40.2 Å². The molecule has 0 aliphatic carbocycles. The zero-order valence-electron chi connectivity index (χ0n) is 51.8. The van der Waals surface area contributed by atoms with Crippen LogP contribution in [0.3, 0.4) is 0 Å². The van der Waals surface area contributed by atoms with Gasteiger partial charge in [0.2, 0.25) is 0 Å². The van der Waals surface area contributed by atoms with Crippen LogP contribution in [-0.2, 0) is 35.5 Å². The summed E-state index contributed by atoms with van der Waals surface area (Å²) in [5.74, 6) is 1.65. The first kappa shape index (κ1) is 61.6. The lowest BCUT2D eigenvalue weighted by Gasteiger charge is -2.32. The van der Waals surface area contributed by atoms with Crippen LogP contribution < -0.4 is 29.1 Å². The Morgan fingerprint density at radius 3 is 1.07 bits per heavy atom. The summed E-state index contributed by atoms with van der Waals surface area (Å²) in [5, 5.41) is 12.7. The number of nitrogens with zero attached hydrogens (tertiary/aromatic N) is 13. The maximum atomic E-state index is 16.6. The fourth-order valence-corrected chi connectivity index (χ4v) is 13.9. The summed E-state index contributed by atoms with van der Waals surface area (Å²) < 4.78 is 58.7. The van der Waals surface area contributed by atoms with Gasteiger partial charge in [0.05, 0.1) is 105 Å². The third-order valence-corrected chi connectivity index (χ3v) is 18.9. The predicted octanol–water partition coefficient (Wildman–Crippen LogP) is 15.6. The number of aromatic nitrogens is 12. The molecule has 1 unspecified atom stereocenters. The topological polar surface area (TPSA) is 270 Å². The van der Waals surface area contributed by atoms with E-state index in [9.17, 15) is 8.76 Å². The molecule has 0 saturated heterocycles. The Morgan fingerprint density at radius 1 is 0.378 bits per heavy atom. The molecule has 0 radical (unpaired) electrons. The highest BCUT2D eigenvalue weighted by atomic mass is 32.2. The molecule has 98 heavy (non-hydrogen) atoms. The number of fused-ring (bicyclic) bond motifs is 3. The highest BCUT2D eigenvalue weighted by molar-refractivity contribution is 7.90. The summed E-state index contributed by atoms with van der Waals surface area (Å²) in [6.45, 7) is 0.952. The Balaban J connectivity index is 0.845. The monoisotopic (exact) mass is 1320 g/mol. The first-order valence-electron chi connectivity index (χ1n) is 31.0. The van der Waals surface area contributed by atoms with Gasteiger partial charge in [-0.25, -0.2) is 34.5 Å². The van der Waals surface area contributed by atoms with Crippen molar-refractivity contribution < 1.29 is 22.4 Å². The fraction of sp³-hybridized carbons (Fsp3) is 0.0400. The van der Waals surface area contributed by atoms with Gasteiger partial charge in [0.15, 0.2) is 29.0 Å². The summed E-state index contributed by atoms with van der Waals surface area (Å²) in [7, 11) is -5.37. The van der Waals surface area contributed by atoms with Crippen LogP contribution in [0.15, 0.2) is 274 Å². The number of benzene rings is 6. The summed E-state index contributed by atoms with van der Waals surface area (Å²) in [6.07, 6.45) is 13.5. The van der Waals surface area contributed by atoms with Gasteiger partial charge in [-0.2, -0.15) is 4.08 Å². The second kappa shape index (κ2) is 27.8. The second-order valence-corrected chi connectivity index (χ2v) is 25.1. The molecule has 0 spiro atoms. The van der Waals surface area contributed by atoms with E-state index in [1.165, 1.54) is 55.4 Å². The molecule has 9 aromatic heterocycles. The molecule has 3 N–H and O–H groups in total. The van der Waals surface area contributed by atoms with Crippen molar-refractivity contribution in [1.82, 2.24) is 59.8 Å². The van der Waals surface area contributed by atoms with Crippen LogP contribution in [0.25, 0.3) is 100 Å². The van der Waals surface area contributed by atoms with Gasteiger partial charge in [0.25, 0.3) is 0 Å². The van der Waals surface area contributed by atoms with Gasteiger partial charge in [-0.15, -0.1) is 0 Å². The van der Waals surface area contributed by atoms with E-state index in [1.807, 2.05) is 200 Å². The molecule has 15 aromatic rings. The van der Waals surface area contributed by atoms with E-state index >= 15 is 4.57 Å². The van der Waals surface area contributed by atoms with Crippen molar-refractivity contribution in [1.29, 1.82) is 0 Å². The van der Waals surface area contributed by atoms with Gasteiger partial charge in [-0.3, -0.25) is 34.1 Å². The van der Waals surface area contributed by atoms with E-state index in [1.54, 1.807) is 18.6 Å². The zero-order chi connectivity index (χ0) is 66.2. The maximum Gasteiger partial charge on any atom is 0.555 e. The van der Waals surface area contributed by atoms with Gasteiger partial charge in [0, 0.05) is 53.9 Å². The Kier molecular flexibility index (Phi) is 17.4. The summed E-state index contributed by atoms with van der Waals surface area (Å²) in [5.41, 5.74) is 10.2. The number of nitrogens with one attached hydrogen (secondary N) is 3. The Hall–Kier alpha value is -12.6. The van der Waals surface area contributed by atoms with E-state index in [0.717, 1.165) is 66.6 Å². The van der Waals surface area contributed by atoms with Crippen molar-refractivity contribution in [3.63, 3.8) is 0 Å². The Labute approximate surface area is 564 Å². The van der Waals surface area contributed by atoms with Gasteiger partial charge in [-0.1, -0.05) is 146 Å². The molecule has 6 aromatic carbocycles. The minimum Gasteiger partial charge on any atom is -0.755 e. The quantitative estimate of drug-likeness (QED) is 0.0420. The molecule has 9 heterocycles. The molecule has 1 atom stereocenters. The number of anilines is 4. The van der Waals surface area contributed by atoms with E-state index in [4.69, 9.17) is 39.0 Å². The SMILES string of the molecule is O=S([O-])N(c1cncc(-c2nc(NCc3ccccn3)c3c(-c4ccccc4)cccc3n2)c1)P(=O)(Oc1cncc(-c2nc(NCc3ccccn3)c3c(-c4ccccc4)cccc3n2)c1)Oc1cncc(-c2nc(NCc3ccccn3)c3c(-c4ccccc4)cccc3n2)c1. The number of rotatable bonds is 22. The number of hydrogen-bond donors (Lipinski definition) is 3. The van der Waals surface area contributed by atoms with Gasteiger partial charge in [-0.05, 0) is 106 Å². The highest BCUT2D eigenvalue weighted by Crippen LogP contribution is 2.55. The average molecular weight is 1320 g/mol. The second-order valence-electron chi connectivity index (χ2n) is 22.3. The highest BCUT2D eigenvalue weighted by Gasteiger charge is 2.41. The van der Waals surface area contributed by atoms with Crippen molar-refractivity contribution in [3.05, 3.63) is 291 Å². The molecule has 0 fully saturated rings. The van der Waals surface area contributed by atoms with Gasteiger partial charge in [0.1, 0.15) is 17.5 Å². The first-order chi connectivity index (χ1) is 48.2.